The molecule has 8 heteroatoms. The molecule has 7 nitrogen and oxygen atoms in total. The van der Waals surface area contributed by atoms with Gasteiger partial charge in [-0.2, -0.15) is 0 Å². The Kier molecular flexibility index (Phi) is 7.49. The summed E-state index contributed by atoms with van der Waals surface area (Å²) in [6.07, 6.45) is 2.88. The van der Waals surface area contributed by atoms with E-state index in [1.165, 1.54) is 4.90 Å². The fraction of sp³-hybridized carbons (Fsp3) is 0.462. The molecule has 0 unspecified atom stereocenters. The van der Waals surface area contributed by atoms with Gasteiger partial charge in [-0.3, -0.25) is 15.3 Å². The van der Waals surface area contributed by atoms with E-state index >= 15 is 0 Å². The van der Waals surface area contributed by atoms with Gasteiger partial charge in [-0.25, -0.2) is 4.79 Å². The fourth-order valence-corrected chi connectivity index (χ4v) is 1.91. The zero-order valence-electron chi connectivity index (χ0n) is 11.9. The monoisotopic (exact) mass is 313 g/mol. The number of halogens is 1. The van der Waals surface area contributed by atoms with Crippen molar-refractivity contribution in [3.05, 3.63) is 29.0 Å². The number of nitrogens with one attached hydrogen (secondary N) is 2. The van der Waals surface area contributed by atoms with E-state index in [0.29, 0.717) is 37.6 Å². The molecule has 1 heterocycles. The minimum Gasteiger partial charge on any atom is -0.383 e. The molecule has 116 valence electrons. The Balaban J connectivity index is 2.46. The molecule has 0 aromatic carbocycles. The Morgan fingerprint density at radius 3 is 3.00 bits per heavy atom. The molecule has 1 aromatic rings. The lowest BCUT2D eigenvalue weighted by Crippen LogP contribution is -2.48. The number of urea groups is 1. The highest BCUT2D eigenvalue weighted by molar-refractivity contribution is 6.31. The molecule has 1 aromatic heterocycles. The van der Waals surface area contributed by atoms with E-state index in [-0.39, 0.29) is 5.96 Å². The van der Waals surface area contributed by atoms with Crippen LogP contribution in [-0.2, 0) is 11.2 Å². The lowest BCUT2D eigenvalue weighted by molar-refractivity contribution is 0.189. The number of carbonyl (C=O) groups is 1. The van der Waals surface area contributed by atoms with Crippen LogP contribution >= 0.6 is 11.6 Å². The third-order valence-corrected chi connectivity index (χ3v) is 3.09. The number of aryl methyl sites for hydroxylation is 1. The zero-order chi connectivity index (χ0) is 15.7. The summed E-state index contributed by atoms with van der Waals surface area (Å²) >= 11 is 6.01. The Morgan fingerprint density at radius 1 is 1.62 bits per heavy atom. The number of nitrogens with zero attached hydrogens (tertiary/aromatic N) is 2. The minimum absolute atomic E-state index is 0.294. The molecular formula is C13H20ClN5O2. The summed E-state index contributed by atoms with van der Waals surface area (Å²) in [6.45, 7) is 1.09. The van der Waals surface area contributed by atoms with Crippen molar-refractivity contribution in [3.8, 4) is 0 Å². The molecule has 21 heavy (non-hydrogen) atoms. The molecule has 4 N–H and O–H groups in total. The van der Waals surface area contributed by atoms with Gasteiger partial charge in [0.25, 0.3) is 0 Å². The molecule has 0 radical (unpaired) electrons. The van der Waals surface area contributed by atoms with Crippen LogP contribution < -0.4 is 11.1 Å². The van der Waals surface area contributed by atoms with Gasteiger partial charge in [-0.05, 0) is 25.0 Å². The van der Waals surface area contributed by atoms with E-state index in [1.807, 2.05) is 0 Å². The van der Waals surface area contributed by atoms with Crippen LogP contribution in [0.15, 0.2) is 18.3 Å². The van der Waals surface area contributed by atoms with Crippen molar-refractivity contribution in [2.45, 2.75) is 12.8 Å². The number of pyridine rings is 1. The smallest absolute Gasteiger partial charge is 0.324 e. The Labute approximate surface area is 128 Å². The van der Waals surface area contributed by atoms with Crippen molar-refractivity contribution >= 4 is 23.6 Å². The number of guanidine groups is 1. The van der Waals surface area contributed by atoms with Crippen LogP contribution in [0.3, 0.4) is 0 Å². The number of hydrogen-bond donors (Lipinski definition) is 3. The van der Waals surface area contributed by atoms with E-state index in [4.69, 9.17) is 27.5 Å². The van der Waals surface area contributed by atoms with Crippen LogP contribution in [0.5, 0.6) is 0 Å². The Morgan fingerprint density at radius 2 is 2.38 bits per heavy atom. The summed E-state index contributed by atoms with van der Waals surface area (Å²) in [4.78, 5) is 17.2. The van der Waals surface area contributed by atoms with Gasteiger partial charge in [-0.1, -0.05) is 11.6 Å². The van der Waals surface area contributed by atoms with Gasteiger partial charge < -0.3 is 15.8 Å². The minimum atomic E-state index is -0.410. The molecule has 0 aliphatic carbocycles. The average Bonchev–Trinajstić information content (AvgIpc) is 2.45. The van der Waals surface area contributed by atoms with Crippen molar-refractivity contribution in [1.29, 1.82) is 5.41 Å². The van der Waals surface area contributed by atoms with E-state index in [1.54, 1.807) is 25.4 Å². The molecule has 0 aliphatic rings. The number of aromatic nitrogens is 1. The number of nitrogens with two attached hydrogens (primary N) is 1. The number of amides is 2. The first kappa shape index (κ1) is 17.2. The van der Waals surface area contributed by atoms with Gasteiger partial charge >= 0.3 is 6.03 Å². The predicted molar refractivity (Wildman–Crippen MR) is 81.5 cm³/mol. The van der Waals surface area contributed by atoms with E-state index < -0.39 is 6.03 Å². The maximum absolute atomic E-state index is 11.9. The SMILES string of the molecule is COCCNC(=O)N(CCCc1ncccc1Cl)C(=N)N. The summed E-state index contributed by atoms with van der Waals surface area (Å²) < 4.78 is 4.84. The Hall–Kier alpha value is -1.86. The zero-order valence-corrected chi connectivity index (χ0v) is 12.7. The maximum Gasteiger partial charge on any atom is 0.324 e. The topological polar surface area (TPSA) is 104 Å². The molecule has 0 bridgehead atoms. The third kappa shape index (κ3) is 5.97. The van der Waals surface area contributed by atoms with E-state index in [2.05, 4.69) is 10.3 Å². The summed E-state index contributed by atoms with van der Waals surface area (Å²) in [5.41, 5.74) is 6.19. The lowest BCUT2D eigenvalue weighted by atomic mass is 10.2. The normalized spacial score (nSPS) is 10.2. The predicted octanol–water partition coefficient (Wildman–Crippen LogP) is 1.22. The number of rotatable bonds is 7. The van der Waals surface area contributed by atoms with E-state index in [0.717, 1.165) is 5.69 Å². The summed E-state index contributed by atoms with van der Waals surface area (Å²) in [7, 11) is 1.55. The molecule has 0 saturated heterocycles. The van der Waals surface area contributed by atoms with Crippen LogP contribution in [-0.4, -0.2) is 48.7 Å². The van der Waals surface area contributed by atoms with Gasteiger partial charge in [-0.15, -0.1) is 0 Å². The standard InChI is InChI=1S/C13H20ClN5O2/c1-21-9-7-18-13(20)19(12(15)16)8-3-5-11-10(14)4-2-6-17-11/h2,4,6H,3,5,7-9H2,1H3,(H3,15,16)(H,18,20). The average molecular weight is 314 g/mol. The van der Waals surface area contributed by atoms with Crippen LogP contribution in [0.4, 0.5) is 4.79 Å². The molecule has 0 saturated carbocycles. The number of ether oxygens (including phenoxy) is 1. The molecule has 1 rings (SSSR count). The second kappa shape index (κ2) is 9.15. The Bertz CT molecular complexity index is 483. The highest BCUT2D eigenvalue weighted by Crippen LogP contribution is 2.13. The molecule has 2 amide bonds. The van der Waals surface area contributed by atoms with Crippen molar-refractivity contribution in [2.75, 3.05) is 26.8 Å². The first-order valence-corrected chi connectivity index (χ1v) is 6.91. The summed E-state index contributed by atoms with van der Waals surface area (Å²) in [5, 5.41) is 10.7. The quantitative estimate of drug-likeness (QED) is 0.400. The first-order chi connectivity index (χ1) is 10.1. The second-order valence-corrected chi connectivity index (χ2v) is 4.70. The summed E-state index contributed by atoms with van der Waals surface area (Å²) in [6, 6.07) is 3.12. The molecular weight excluding hydrogens is 294 g/mol. The number of methoxy groups -OCH3 is 1. The molecule has 0 spiro atoms. The number of hydrogen-bond acceptors (Lipinski definition) is 4. The lowest BCUT2D eigenvalue weighted by Gasteiger charge is -2.21. The van der Waals surface area contributed by atoms with Crippen molar-refractivity contribution in [2.24, 2.45) is 5.73 Å². The van der Waals surface area contributed by atoms with E-state index in [9.17, 15) is 4.79 Å². The van der Waals surface area contributed by atoms with Crippen LogP contribution in [0.2, 0.25) is 5.02 Å². The largest absolute Gasteiger partial charge is 0.383 e. The van der Waals surface area contributed by atoms with Gasteiger partial charge in [0.05, 0.1) is 17.3 Å². The molecule has 0 aliphatic heterocycles. The maximum atomic E-state index is 11.9. The first-order valence-electron chi connectivity index (χ1n) is 6.54. The van der Waals surface area contributed by atoms with Crippen molar-refractivity contribution in [1.82, 2.24) is 15.2 Å². The third-order valence-electron chi connectivity index (χ3n) is 2.75. The van der Waals surface area contributed by atoms with Crippen LogP contribution in [0.1, 0.15) is 12.1 Å². The second-order valence-electron chi connectivity index (χ2n) is 4.30. The van der Waals surface area contributed by atoms with Gasteiger partial charge in [0, 0.05) is 26.4 Å². The fourth-order valence-electron chi connectivity index (χ4n) is 1.69. The molecule has 0 atom stereocenters. The van der Waals surface area contributed by atoms with Crippen LogP contribution in [0, 0.1) is 5.41 Å². The van der Waals surface area contributed by atoms with Crippen molar-refractivity contribution in [3.63, 3.8) is 0 Å². The van der Waals surface area contributed by atoms with Gasteiger partial charge in [0.2, 0.25) is 0 Å². The van der Waals surface area contributed by atoms with Gasteiger partial charge in [0.15, 0.2) is 5.96 Å². The van der Waals surface area contributed by atoms with Gasteiger partial charge in [0.1, 0.15) is 0 Å². The number of carbonyl (C=O) groups excluding carboxylic acids is 1. The van der Waals surface area contributed by atoms with Crippen molar-refractivity contribution < 1.29 is 9.53 Å². The highest BCUT2D eigenvalue weighted by Gasteiger charge is 2.15. The molecule has 0 fully saturated rings. The highest BCUT2D eigenvalue weighted by atomic mass is 35.5. The summed E-state index contributed by atoms with van der Waals surface area (Å²) in [5.74, 6) is -0.294. The van der Waals surface area contributed by atoms with Crippen LogP contribution in [0.25, 0.3) is 0 Å².